The number of nitrogens with one attached hydrogen (secondary N) is 2. The highest BCUT2D eigenvalue weighted by Gasteiger charge is 2.09. The Labute approximate surface area is 144 Å². The fourth-order valence-corrected chi connectivity index (χ4v) is 2.38. The number of carbonyl (C=O) groups excluding carboxylic acids is 1. The molecule has 1 amide bonds. The van der Waals surface area contributed by atoms with E-state index in [0.29, 0.717) is 23.0 Å². The topological polar surface area (TPSA) is 67.2 Å². The predicted molar refractivity (Wildman–Crippen MR) is 93.6 cm³/mol. The van der Waals surface area contributed by atoms with E-state index in [4.69, 9.17) is 16.0 Å². The fraction of sp³-hybridized carbons (Fsp3) is 0.111. The number of hydrogen-bond donors (Lipinski definition) is 2. The maximum atomic E-state index is 12.2. The molecule has 24 heavy (non-hydrogen) atoms. The van der Waals surface area contributed by atoms with E-state index >= 15 is 0 Å². The van der Waals surface area contributed by atoms with E-state index in [9.17, 15) is 4.79 Å². The van der Waals surface area contributed by atoms with Gasteiger partial charge < -0.3 is 15.1 Å². The van der Waals surface area contributed by atoms with Crippen LogP contribution in [0.3, 0.4) is 0 Å². The fourth-order valence-electron chi connectivity index (χ4n) is 2.20. The quantitative estimate of drug-likeness (QED) is 0.725. The van der Waals surface area contributed by atoms with Crippen LogP contribution < -0.4 is 10.6 Å². The van der Waals surface area contributed by atoms with Crippen LogP contribution in [0.15, 0.2) is 59.3 Å². The van der Waals surface area contributed by atoms with Gasteiger partial charge in [-0.1, -0.05) is 17.7 Å². The number of rotatable bonds is 5. The molecule has 122 valence electrons. The Morgan fingerprint density at radius 2 is 2.12 bits per heavy atom. The zero-order valence-corrected chi connectivity index (χ0v) is 13.8. The lowest BCUT2D eigenvalue weighted by Gasteiger charge is -2.11. The summed E-state index contributed by atoms with van der Waals surface area (Å²) in [5.41, 5.74) is 2.92. The number of amides is 1. The van der Waals surface area contributed by atoms with Crippen LogP contribution in [0.4, 0.5) is 11.4 Å². The van der Waals surface area contributed by atoms with E-state index < -0.39 is 0 Å². The van der Waals surface area contributed by atoms with Gasteiger partial charge in [-0.15, -0.1) is 0 Å². The summed E-state index contributed by atoms with van der Waals surface area (Å²) in [7, 11) is 0. The molecule has 0 aliphatic carbocycles. The average molecular weight is 342 g/mol. The molecule has 2 heterocycles. The van der Waals surface area contributed by atoms with Crippen molar-refractivity contribution in [3.63, 3.8) is 0 Å². The lowest BCUT2D eigenvalue weighted by molar-refractivity contribution is 0.0943. The Hall–Kier alpha value is -2.79. The van der Waals surface area contributed by atoms with Gasteiger partial charge in [0.15, 0.2) is 0 Å². The van der Waals surface area contributed by atoms with E-state index in [1.165, 1.54) is 0 Å². The molecule has 2 aromatic heterocycles. The van der Waals surface area contributed by atoms with E-state index in [1.54, 1.807) is 36.7 Å². The second kappa shape index (κ2) is 7.19. The first kappa shape index (κ1) is 16.1. The molecule has 3 rings (SSSR count). The molecule has 0 saturated heterocycles. The normalized spacial score (nSPS) is 10.4. The predicted octanol–water partition coefficient (Wildman–Crippen LogP) is 4.31. The third-order valence-electron chi connectivity index (χ3n) is 3.54. The third kappa shape index (κ3) is 3.75. The van der Waals surface area contributed by atoms with Crippen LogP contribution in [0.5, 0.6) is 0 Å². The Bertz CT molecular complexity index is 847. The summed E-state index contributed by atoms with van der Waals surface area (Å²) in [4.78, 5) is 16.3. The summed E-state index contributed by atoms with van der Waals surface area (Å²) in [5.74, 6) is 0.421. The molecule has 6 heteroatoms. The minimum atomic E-state index is -0.266. The van der Waals surface area contributed by atoms with Crippen LogP contribution in [0.1, 0.15) is 21.8 Å². The largest absolute Gasteiger partial charge is 0.467 e. The van der Waals surface area contributed by atoms with Crippen molar-refractivity contribution in [1.82, 2.24) is 10.3 Å². The maximum Gasteiger partial charge on any atom is 0.270 e. The van der Waals surface area contributed by atoms with Crippen molar-refractivity contribution in [3.8, 4) is 0 Å². The van der Waals surface area contributed by atoms with Crippen molar-refractivity contribution in [2.75, 3.05) is 5.32 Å². The zero-order chi connectivity index (χ0) is 16.9. The minimum absolute atomic E-state index is 0.266. The highest BCUT2D eigenvalue weighted by molar-refractivity contribution is 6.31. The van der Waals surface area contributed by atoms with Crippen molar-refractivity contribution in [1.29, 1.82) is 0 Å². The average Bonchev–Trinajstić information content (AvgIpc) is 3.11. The Balaban J connectivity index is 1.71. The van der Waals surface area contributed by atoms with Gasteiger partial charge in [0, 0.05) is 22.6 Å². The zero-order valence-electron chi connectivity index (χ0n) is 13.0. The summed E-state index contributed by atoms with van der Waals surface area (Å²) in [6.45, 7) is 2.25. The molecule has 0 radical (unpaired) electrons. The molecule has 0 spiro atoms. The van der Waals surface area contributed by atoms with Crippen molar-refractivity contribution in [3.05, 3.63) is 77.0 Å². The molecule has 0 fully saturated rings. The van der Waals surface area contributed by atoms with Crippen molar-refractivity contribution < 1.29 is 9.21 Å². The number of nitrogens with zero attached hydrogens (tertiary/aromatic N) is 1. The van der Waals surface area contributed by atoms with E-state index in [-0.39, 0.29) is 5.91 Å². The van der Waals surface area contributed by atoms with Crippen molar-refractivity contribution >= 4 is 28.9 Å². The number of hydrogen-bond acceptors (Lipinski definition) is 4. The van der Waals surface area contributed by atoms with Gasteiger partial charge in [-0.05, 0) is 48.9 Å². The van der Waals surface area contributed by atoms with Gasteiger partial charge >= 0.3 is 0 Å². The smallest absolute Gasteiger partial charge is 0.270 e. The van der Waals surface area contributed by atoms with E-state index in [1.807, 2.05) is 25.1 Å². The van der Waals surface area contributed by atoms with Crippen LogP contribution in [0, 0.1) is 6.92 Å². The lowest BCUT2D eigenvalue weighted by atomic mass is 10.2. The molecular weight excluding hydrogens is 326 g/mol. The van der Waals surface area contributed by atoms with Crippen LogP contribution in [-0.4, -0.2) is 10.9 Å². The number of aromatic nitrogens is 1. The molecule has 0 aliphatic rings. The molecule has 0 atom stereocenters. The molecule has 5 nitrogen and oxygen atoms in total. The van der Waals surface area contributed by atoms with Gasteiger partial charge in [0.2, 0.25) is 0 Å². The van der Waals surface area contributed by atoms with Crippen LogP contribution in [0.2, 0.25) is 5.02 Å². The van der Waals surface area contributed by atoms with Crippen LogP contribution >= 0.6 is 11.6 Å². The van der Waals surface area contributed by atoms with Gasteiger partial charge in [-0.3, -0.25) is 9.78 Å². The number of benzene rings is 1. The van der Waals surface area contributed by atoms with Crippen molar-refractivity contribution in [2.24, 2.45) is 0 Å². The number of pyridine rings is 1. The Kier molecular flexibility index (Phi) is 4.82. The highest BCUT2D eigenvalue weighted by atomic mass is 35.5. The molecular formula is C18H16ClN3O2. The second-order valence-corrected chi connectivity index (χ2v) is 5.64. The lowest BCUT2D eigenvalue weighted by Crippen LogP contribution is -2.23. The van der Waals surface area contributed by atoms with Gasteiger partial charge in [0.25, 0.3) is 5.91 Å². The van der Waals surface area contributed by atoms with Gasteiger partial charge in [0.1, 0.15) is 11.5 Å². The van der Waals surface area contributed by atoms with Gasteiger partial charge in [0.05, 0.1) is 12.8 Å². The number of halogens is 1. The summed E-state index contributed by atoms with van der Waals surface area (Å²) < 4.78 is 5.19. The maximum absolute atomic E-state index is 12.2. The Morgan fingerprint density at radius 1 is 1.25 bits per heavy atom. The molecule has 1 aromatic carbocycles. The van der Waals surface area contributed by atoms with E-state index in [2.05, 4.69) is 15.6 Å². The second-order valence-electron chi connectivity index (χ2n) is 5.23. The monoisotopic (exact) mass is 341 g/mol. The van der Waals surface area contributed by atoms with E-state index in [0.717, 1.165) is 16.9 Å². The SMILES string of the molecule is Cc1c(Cl)cccc1Nc1ccnc(C(=O)NCc2ccco2)c1. The first-order chi connectivity index (χ1) is 11.6. The molecule has 0 aliphatic heterocycles. The minimum Gasteiger partial charge on any atom is -0.467 e. The summed E-state index contributed by atoms with van der Waals surface area (Å²) in [5, 5.41) is 6.71. The summed E-state index contributed by atoms with van der Waals surface area (Å²) in [6, 6.07) is 12.7. The Morgan fingerprint density at radius 3 is 2.92 bits per heavy atom. The molecule has 2 N–H and O–H groups in total. The van der Waals surface area contributed by atoms with Crippen LogP contribution in [-0.2, 0) is 6.54 Å². The first-order valence-corrected chi connectivity index (χ1v) is 7.80. The number of carbonyl (C=O) groups is 1. The molecule has 0 unspecified atom stereocenters. The van der Waals surface area contributed by atoms with Gasteiger partial charge in [-0.25, -0.2) is 0 Å². The van der Waals surface area contributed by atoms with Crippen LogP contribution in [0.25, 0.3) is 0 Å². The number of furan rings is 1. The highest BCUT2D eigenvalue weighted by Crippen LogP contribution is 2.26. The molecule has 3 aromatic rings. The standard InChI is InChI=1S/C18H16ClN3O2/c1-12-15(19)5-2-6-16(12)22-13-7-8-20-17(10-13)18(23)21-11-14-4-3-9-24-14/h2-10H,11H2,1H3,(H,20,22)(H,21,23). The molecule has 0 saturated carbocycles. The third-order valence-corrected chi connectivity index (χ3v) is 3.95. The molecule has 0 bridgehead atoms. The summed E-state index contributed by atoms with van der Waals surface area (Å²) in [6.07, 6.45) is 3.15. The summed E-state index contributed by atoms with van der Waals surface area (Å²) >= 11 is 6.13. The van der Waals surface area contributed by atoms with Crippen molar-refractivity contribution in [2.45, 2.75) is 13.5 Å². The van der Waals surface area contributed by atoms with Gasteiger partial charge in [-0.2, -0.15) is 0 Å². The first-order valence-electron chi connectivity index (χ1n) is 7.42. The number of anilines is 2.